The van der Waals surface area contributed by atoms with E-state index in [1.54, 1.807) is 18.5 Å². The lowest BCUT2D eigenvalue weighted by Gasteiger charge is -2.22. The van der Waals surface area contributed by atoms with Gasteiger partial charge in [-0.15, -0.1) is 17.8 Å². The van der Waals surface area contributed by atoms with Crippen LogP contribution in [0.25, 0.3) is 10.7 Å². The maximum absolute atomic E-state index is 12.3. The molecule has 3 N–H and O–H groups in total. The molecule has 3 heterocycles. The molecule has 3 aromatic rings. The average molecular weight is 431 g/mol. The van der Waals surface area contributed by atoms with Crippen LogP contribution in [0.1, 0.15) is 18.4 Å². The highest BCUT2D eigenvalue weighted by Crippen LogP contribution is 2.38. The average Bonchev–Trinajstić information content (AvgIpc) is 3.20. The number of hydrogen-bond acceptors (Lipinski definition) is 8. The summed E-state index contributed by atoms with van der Waals surface area (Å²) in [6.07, 6.45) is 10.9. The van der Waals surface area contributed by atoms with Crippen LogP contribution in [0, 0.1) is 12.3 Å². The fourth-order valence-corrected chi connectivity index (χ4v) is 5.13. The van der Waals surface area contributed by atoms with Gasteiger partial charge in [0.05, 0.1) is 23.2 Å². The molecular formula is C18H18N6O3S2. The van der Waals surface area contributed by atoms with Crippen LogP contribution in [0.4, 0.5) is 11.6 Å². The first-order valence-electron chi connectivity index (χ1n) is 8.86. The molecule has 1 aliphatic rings. The Bertz CT molecular complexity index is 1150. The normalized spacial score (nSPS) is 13.9. The zero-order valence-electron chi connectivity index (χ0n) is 15.2. The van der Waals surface area contributed by atoms with Gasteiger partial charge < -0.3 is 10.0 Å². The zero-order valence-corrected chi connectivity index (χ0v) is 16.9. The Balaban J connectivity index is 1.72. The van der Waals surface area contributed by atoms with Gasteiger partial charge in [-0.1, -0.05) is 5.92 Å². The number of sulfonamides is 1. The summed E-state index contributed by atoms with van der Waals surface area (Å²) in [5.74, 6) is 4.38. The number of rotatable bonds is 8. The van der Waals surface area contributed by atoms with Gasteiger partial charge in [0.15, 0.2) is 11.6 Å². The molecule has 0 saturated heterocycles. The van der Waals surface area contributed by atoms with E-state index in [4.69, 9.17) is 11.5 Å². The summed E-state index contributed by atoms with van der Waals surface area (Å²) in [4.78, 5) is 11.6. The molecule has 0 aliphatic heterocycles. The monoisotopic (exact) mass is 430 g/mol. The smallest absolute Gasteiger partial charge is 0.250 e. The Morgan fingerprint density at radius 2 is 2.21 bits per heavy atom. The van der Waals surface area contributed by atoms with Crippen LogP contribution in [-0.4, -0.2) is 52.9 Å². The van der Waals surface area contributed by atoms with Gasteiger partial charge >= 0.3 is 0 Å². The summed E-state index contributed by atoms with van der Waals surface area (Å²) in [6.45, 7) is -0.324. The molecule has 9 nitrogen and oxygen atoms in total. The van der Waals surface area contributed by atoms with Crippen LogP contribution in [0.5, 0.6) is 0 Å². The third-order valence-electron chi connectivity index (χ3n) is 4.28. The van der Waals surface area contributed by atoms with E-state index in [0.29, 0.717) is 22.1 Å². The Morgan fingerprint density at radius 1 is 1.38 bits per heavy atom. The molecule has 4 rings (SSSR count). The number of aliphatic hydroxyl groups is 1. The maximum atomic E-state index is 12.3. The number of thiophene rings is 1. The predicted octanol–water partition coefficient (Wildman–Crippen LogP) is 1.48. The zero-order chi connectivity index (χ0) is 20.4. The fourth-order valence-electron chi connectivity index (χ4n) is 2.81. The molecule has 0 bridgehead atoms. The van der Waals surface area contributed by atoms with Crippen LogP contribution in [-0.2, 0) is 10.0 Å². The van der Waals surface area contributed by atoms with Crippen molar-refractivity contribution < 1.29 is 13.5 Å². The Labute approximate surface area is 171 Å². The summed E-state index contributed by atoms with van der Waals surface area (Å²) >= 11 is 1.05. The van der Waals surface area contributed by atoms with Gasteiger partial charge in [-0.25, -0.2) is 23.1 Å². The summed E-state index contributed by atoms with van der Waals surface area (Å²) in [7, 11) is -3.69. The molecule has 0 spiro atoms. The van der Waals surface area contributed by atoms with Gasteiger partial charge in [-0.2, -0.15) is 5.10 Å². The number of terminal acetylenes is 1. The Kier molecular flexibility index (Phi) is 5.33. The van der Waals surface area contributed by atoms with Crippen molar-refractivity contribution in [2.45, 2.75) is 23.1 Å². The van der Waals surface area contributed by atoms with Gasteiger partial charge in [-0.05, 0) is 25.0 Å². The summed E-state index contributed by atoms with van der Waals surface area (Å²) in [5.41, 5.74) is 0.546. The van der Waals surface area contributed by atoms with Crippen molar-refractivity contribution >= 4 is 33.0 Å². The molecule has 3 aromatic heterocycles. The van der Waals surface area contributed by atoms with E-state index in [1.165, 1.54) is 6.07 Å². The lowest BCUT2D eigenvalue weighted by atomic mass is 10.2. The molecule has 1 saturated carbocycles. The number of anilines is 2. The van der Waals surface area contributed by atoms with Crippen molar-refractivity contribution in [3.8, 4) is 23.0 Å². The lowest BCUT2D eigenvalue weighted by Crippen LogP contribution is -2.25. The van der Waals surface area contributed by atoms with Crippen molar-refractivity contribution in [3.63, 3.8) is 0 Å². The van der Waals surface area contributed by atoms with E-state index in [-0.39, 0.29) is 23.4 Å². The topological polar surface area (TPSA) is 124 Å². The Hall–Kier alpha value is -2.78. The first-order valence-corrected chi connectivity index (χ1v) is 11.2. The number of aromatic amines is 1. The first-order chi connectivity index (χ1) is 14.0. The maximum Gasteiger partial charge on any atom is 0.250 e. The molecule has 0 aromatic carbocycles. The minimum absolute atomic E-state index is 0.0480. The number of aliphatic hydroxyl groups excluding tert-OH is 1. The quantitative estimate of drug-likeness (QED) is 0.462. The predicted molar refractivity (Wildman–Crippen MR) is 109 cm³/mol. The number of nitrogens with zero attached hydrogens (tertiary/aromatic N) is 4. The van der Waals surface area contributed by atoms with Crippen molar-refractivity contribution in [1.82, 2.24) is 24.9 Å². The second-order valence-corrected chi connectivity index (χ2v) is 9.44. The molecule has 0 amide bonds. The van der Waals surface area contributed by atoms with Crippen LogP contribution in [0.3, 0.4) is 0 Å². The van der Waals surface area contributed by atoms with Gasteiger partial charge in [0.1, 0.15) is 10.0 Å². The molecular weight excluding hydrogens is 412 g/mol. The van der Waals surface area contributed by atoms with Crippen molar-refractivity contribution in [2.75, 3.05) is 18.1 Å². The molecule has 0 radical (unpaired) electrons. The number of nitrogens with one attached hydrogen (secondary N) is 2. The molecule has 0 atom stereocenters. The molecule has 0 unspecified atom stereocenters. The first kappa shape index (κ1) is 19.5. The largest absolute Gasteiger partial charge is 0.395 e. The third kappa shape index (κ3) is 4.01. The van der Waals surface area contributed by atoms with Crippen molar-refractivity contribution in [3.05, 3.63) is 36.2 Å². The molecule has 1 aliphatic carbocycles. The fraction of sp³-hybridized carbons (Fsp3) is 0.278. The number of H-pyrrole nitrogens is 1. The molecule has 150 valence electrons. The number of hydrogen-bond donors (Lipinski definition) is 3. The SMILES string of the molecule is C#Cc1cnc(-c2ccc(S(=O)(=O)NCCO)s2)nc1N(c1ccn[nH]1)C1CC1. The minimum atomic E-state index is -3.69. The van der Waals surface area contributed by atoms with E-state index < -0.39 is 10.0 Å². The minimum Gasteiger partial charge on any atom is -0.395 e. The van der Waals surface area contributed by atoms with Gasteiger partial charge in [0, 0.05) is 24.8 Å². The van der Waals surface area contributed by atoms with E-state index in [9.17, 15) is 8.42 Å². The van der Waals surface area contributed by atoms with Gasteiger partial charge in [0.2, 0.25) is 10.0 Å². The van der Waals surface area contributed by atoms with Gasteiger partial charge in [0.25, 0.3) is 0 Å². The molecule has 11 heteroatoms. The molecule has 1 fully saturated rings. The van der Waals surface area contributed by atoms with E-state index in [0.717, 1.165) is 30.0 Å². The highest BCUT2D eigenvalue weighted by molar-refractivity contribution is 7.91. The summed E-state index contributed by atoms with van der Waals surface area (Å²) in [6, 6.07) is 5.27. The van der Waals surface area contributed by atoms with Crippen LogP contribution < -0.4 is 9.62 Å². The lowest BCUT2D eigenvalue weighted by molar-refractivity contribution is 0.301. The second kappa shape index (κ2) is 7.92. The van der Waals surface area contributed by atoms with E-state index >= 15 is 0 Å². The van der Waals surface area contributed by atoms with Crippen LogP contribution in [0.2, 0.25) is 0 Å². The summed E-state index contributed by atoms with van der Waals surface area (Å²) < 4.78 is 27.0. The van der Waals surface area contributed by atoms with E-state index in [1.807, 2.05) is 11.0 Å². The van der Waals surface area contributed by atoms with E-state index in [2.05, 4.69) is 30.8 Å². The standard InChI is InChI=1S/C18H18N6O3S2/c1-2-12-11-19-17(14-5-6-16(28-14)29(26,27)21-9-10-25)22-18(12)24(13-3-4-13)15-7-8-20-23-15/h1,5-8,11,13,21,25H,3-4,9-10H2,(H,20,23). The molecule has 29 heavy (non-hydrogen) atoms. The van der Waals surface area contributed by atoms with Crippen molar-refractivity contribution in [2.24, 2.45) is 0 Å². The highest BCUT2D eigenvalue weighted by Gasteiger charge is 2.33. The van der Waals surface area contributed by atoms with Gasteiger partial charge in [-0.3, -0.25) is 5.10 Å². The third-order valence-corrected chi connectivity index (χ3v) is 7.31. The second-order valence-electron chi connectivity index (χ2n) is 6.36. The van der Waals surface area contributed by atoms with Crippen molar-refractivity contribution in [1.29, 1.82) is 0 Å². The highest BCUT2D eigenvalue weighted by atomic mass is 32.2. The number of aromatic nitrogens is 4. The van der Waals surface area contributed by atoms with Crippen LogP contribution >= 0.6 is 11.3 Å². The Morgan fingerprint density at radius 3 is 2.86 bits per heavy atom. The summed E-state index contributed by atoms with van der Waals surface area (Å²) in [5, 5.41) is 15.8. The van der Waals surface area contributed by atoms with Crippen LogP contribution in [0.15, 0.2) is 34.8 Å².